The van der Waals surface area contributed by atoms with Crippen LogP contribution in [0, 0.1) is 0 Å². The van der Waals surface area contributed by atoms with Crippen molar-refractivity contribution in [2.45, 2.75) is 26.3 Å². The van der Waals surface area contributed by atoms with E-state index >= 15 is 0 Å². The topological polar surface area (TPSA) is 91.4 Å². The summed E-state index contributed by atoms with van der Waals surface area (Å²) in [7, 11) is 1.72. The number of rotatable bonds is 3. The van der Waals surface area contributed by atoms with Crippen molar-refractivity contribution in [1.29, 1.82) is 0 Å². The lowest BCUT2D eigenvalue weighted by atomic mass is 10.1. The molecule has 0 radical (unpaired) electrons. The van der Waals surface area contributed by atoms with Crippen LogP contribution in [0.3, 0.4) is 0 Å². The summed E-state index contributed by atoms with van der Waals surface area (Å²) < 4.78 is 0. The Labute approximate surface area is 122 Å². The zero-order chi connectivity index (χ0) is 15.6. The molecule has 3 amide bonds. The molecule has 1 unspecified atom stereocenters. The standard InChI is InChI=1S/C14H18N4O3/c1-4-10-5-9(6-11(15-3)16-10)14(21)18-7-12(19)17-13(20)8(18)2/h5-6,8H,4,7H2,1-3H3,(H,15,16)(H,17,19,20). The molecule has 1 aromatic heterocycles. The van der Waals surface area contributed by atoms with Crippen LogP contribution in [0.4, 0.5) is 5.82 Å². The molecule has 2 rings (SSSR count). The molecule has 1 aliphatic heterocycles. The van der Waals surface area contributed by atoms with Gasteiger partial charge in [0.25, 0.3) is 5.91 Å². The second-order valence-corrected chi connectivity index (χ2v) is 4.86. The number of aryl methyl sites for hydroxylation is 1. The van der Waals surface area contributed by atoms with E-state index in [-0.39, 0.29) is 12.5 Å². The van der Waals surface area contributed by atoms with Crippen LogP contribution in [0.25, 0.3) is 0 Å². The largest absolute Gasteiger partial charge is 0.373 e. The van der Waals surface area contributed by atoms with Crippen LogP contribution in [0.5, 0.6) is 0 Å². The molecule has 0 bridgehead atoms. The van der Waals surface area contributed by atoms with Crippen molar-refractivity contribution in [2.24, 2.45) is 0 Å². The molecule has 1 saturated heterocycles. The molecule has 1 atom stereocenters. The molecule has 0 aromatic carbocycles. The summed E-state index contributed by atoms with van der Waals surface area (Å²) >= 11 is 0. The van der Waals surface area contributed by atoms with E-state index in [1.165, 1.54) is 4.90 Å². The Balaban J connectivity index is 2.34. The number of nitrogens with one attached hydrogen (secondary N) is 2. The van der Waals surface area contributed by atoms with E-state index in [9.17, 15) is 14.4 Å². The number of carbonyl (C=O) groups is 3. The highest BCUT2D eigenvalue weighted by Crippen LogP contribution is 2.16. The number of aromatic nitrogens is 1. The van der Waals surface area contributed by atoms with Gasteiger partial charge in [-0.25, -0.2) is 4.98 Å². The van der Waals surface area contributed by atoms with Gasteiger partial charge in [-0.2, -0.15) is 0 Å². The molecular weight excluding hydrogens is 272 g/mol. The fraction of sp³-hybridized carbons (Fsp3) is 0.429. The molecule has 0 aliphatic carbocycles. The first-order valence-electron chi connectivity index (χ1n) is 6.79. The molecule has 1 aromatic rings. The van der Waals surface area contributed by atoms with Crippen LogP contribution in [0.15, 0.2) is 12.1 Å². The van der Waals surface area contributed by atoms with E-state index in [2.05, 4.69) is 15.6 Å². The molecule has 1 fully saturated rings. The van der Waals surface area contributed by atoms with Crippen LogP contribution in [0.2, 0.25) is 0 Å². The van der Waals surface area contributed by atoms with Crippen molar-refractivity contribution in [3.63, 3.8) is 0 Å². The second kappa shape index (κ2) is 5.90. The lowest BCUT2D eigenvalue weighted by Gasteiger charge is -2.31. The molecule has 112 valence electrons. The number of piperazine rings is 1. The van der Waals surface area contributed by atoms with Gasteiger partial charge in [-0.15, -0.1) is 0 Å². The summed E-state index contributed by atoms with van der Waals surface area (Å²) in [6.07, 6.45) is 0.685. The molecule has 7 nitrogen and oxygen atoms in total. The summed E-state index contributed by atoms with van der Waals surface area (Å²) in [6.45, 7) is 3.42. The van der Waals surface area contributed by atoms with E-state index in [4.69, 9.17) is 0 Å². The van der Waals surface area contributed by atoms with Gasteiger partial charge in [0.05, 0.1) is 0 Å². The van der Waals surface area contributed by atoms with E-state index in [0.717, 1.165) is 5.69 Å². The zero-order valence-electron chi connectivity index (χ0n) is 12.3. The minimum absolute atomic E-state index is 0.121. The van der Waals surface area contributed by atoms with Gasteiger partial charge in [-0.3, -0.25) is 19.7 Å². The number of carbonyl (C=O) groups excluding carboxylic acids is 3. The monoisotopic (exact) mass is 290 g/mol. The predicted molar refractivity (Wildman–Crippen MR) is 76.8 cm³/mol. The maximum absolute atomic E-state index is 12.6. The first-order valence-corrected chi connectivity index (χ1v) is 6.79. The number of hydrogen-bond acceptors (Lipinski definition) is 5. The van der Waals surface area contributed by atoms with Crippen molar-refractivity contribution in [2.75, 3.05) is 18.9 Å². The third-order valence-corrected chi connectivity index (χ3v) is 3.43. The SMILES string of the molecule is CCc1cc(C(=O)N2CC(=O)NC(=O)C2C)cc(NC)n1. The van der Waals surface area contributed by atoms with Gasteiger partial charge in [0.2, 0.25) is 11.8 Å². The van der Waals surface area contributed by atoms with Crippen molar-refractivity contribution >= 4 is 23.5 Å². The van der Waals surface area contributed by atoms with Gasteiger partial charge in [-0.05, 0) is 25.5 Å². The average molecular weight is 290 g/mol. The van der Waals surface area contributed by atoms with Crippen LogP contribution in [-0.2, 0) is 16.0 Å². The fourth-order valence-electron chi connectivity index (χ4n) is 2.15. The molecule has 0 saturated carbocycles. The lowest BCUT2D eigenvalue weighted by molar-refractivity contribution is -0.138. The molecule has 7 heteroatoms. The molecule has 2 heterocycles. The summed E-state index contributed by atoms with van der Waals surface area (Å²) in [6, 6.07) is 2.63. The lowest BCUT2D eigenvalue weighted by Crippen LogP contribution is -2.58. The Hall–Kier alpha value is -2.44. The third kappa shape index (κ3) is 3.01. The highest BCUT2D eigenvalue weighted by atomic mass is 16.2. The molecule has 2 N–H and O–H groups in total. The number of amides is 3. The molecule has 1 aliphatic rings. The zero-order valence-corrected chi connectivity index (χ0v) is 12.3. The fourth-order valence-corrected chi connectivity index (χ4v) is 2.15. The summed E-state index contributed by atoms with van der Waals surface area (Å²) in [4.78, 5) is 41.3. The van der Waals surface area contributed by atoms with E-state index in [1.807, 2.05) is 6.92 Å². The van der Waals surface area contributed by atoms with E-state index < -0.39 is 17.9 Å². The maximum atomic E-state index is 12.6. The van der Waals surface area contributed by atoms with Crippen LogP contribution in [0.1, 0.15) is 29.9 Å². The number of hydrogen-bond donors (Lipinski definition) is 2. The Morgan fingerprint density at radius 2 is 2.19 bits per heavy atom. The van der Waals surface area contributed by atoms with Crippen LogP contribution in [-0.4, -0.2) is 47.2 Å². The van der Waals surface area contributed by atoms with Gasteiger partial charge in [0, 0.05) is 18.3 Å². The molecular formula is C14H18N4O3. The highest BCUT2D eigenvalue weighted by molar-refractivity contribution is 6.07. The Morgan fingerprint density at radius 1 is 1.48 bits per heavy atom. The van der Waals surface area contributed by atoms with Gasteiger partial charge in [0.1, 0.15) is 18.4 Å². The minimum Gasteiger partial charge on any atom is -0.373 e. The molecule has 21 heavy (non-hydrogen) atoms. The smallest absolute Gasteiger partial charge is 0.255 e. The first kappa shape index (κ1) is 15.0. The van der Waals surface area contributed by atoms with Crippen molar-refractivity contribution in [3.8, 4) is 0 Å². The number of imide groups is 1. The van der Waals surface area contributed by atoms with E-state index in [0.29, 0.717) is 17.8 Å². The Kier molecular flexibility index (Phi) is 4.21. The normalized spacial score (nSPS) is 18.4. The van der Waals surface area contributed by atoms with Gasteiger partial charge in [0.15, 0.2) is 0 Å². The third-order valence-electron chi connectivity index (χ3n) is 3.43. The van der Waals surface area contributed by atoms with Crippen molar-refractivity contribution in [3.05, 3.63) is 23.4 Å². The maximum Gasteiger partial charge on any atom is 0.255 e. The summed E-state index contributed by atoms with van der Waals surface area (Å²) in [5, 5.41) is 5.11. The average Bonchev–Trinajstić information content (AvgIpc) is 2.49. The van der Waals surface area contributed by atoms with Crippen molar-refractivity contribution < 1.29 is 14.4 Å². The second-order valence-electron chi connectivity index (χ2n) is 4.86. The van der Waals surface area contributed by atoms with E-state index in [1.54, 1.807) is 26.1 Å². The molecule has 0 spiro atoms. The van der Waals surface area contributed by atoms with Crippen LogP contribution >= 0.6 is 0 Å². The van der Waals surface area contributed by atoms with Crippen molar-refractivity contribution in [1.82, 2.24) is 15.2 Å². The number of nitrogens with zero attached hydrogens (tertiary/aromatic N) is 2. The summed E-state index contributed by atoms with van der Waals surface area (Å²) in [5.74, 6) is -0.694. The highest BCUT2D eigenvalue weighted by Gasteiger charge is 2.34. The number of pyridine rings is 1. The summed E-state index contributed by atoms with van der Waals surface area (Å²) in [5.41, 5.74) is 1.19. The quantitative estimate of drug-likeness (QED) is 0.774. The van der Waals surface area contributed by atoms with Gasteiger partial charge >= 0.3 is 0 Å². The van der Waals surface area contributed by atoms with Gasteiger partial charge < -0.3 is 10.2 Å². The first-order chi connectivity index (χ1) is 9.96. The van der Waals surface area contributed by atoms with Gasteiger partial charge in [-0.1, -0.05) is 6.92 Å². The Morgan fingerprint density at radius 3 is 2.81 bits per heavy atom. The van der Waals surface area contributed by atoms with Crippen LogP contribution < -0.4 is 10.6 Å². The number of anilines is 1. The Bertz CT molecular complexity index is 578. The predicted octanol–water partition coefficient (Wildman–Crippen LogP) is 0.173. The minimum atomic E-state index is -0.675.